The number of thioether (sulfide) groups is 1. The van der Waals surface area contributed by atoms with Crippen LogP contribution in [0.5, 0.6) is 0 Å². The minimum Gasteiger partial charge on any atom is -0.457 e. The second kappa shape index (κ2) is 7.96. The van der Waals surface area contributed by atoms with Gasteiger partial charge in [0.05, 0.1) is 11.1 Å². The summed E-state index contributed by atoms with van der Waals surface area (Å²) < 4.78 is 5.34. The predicted molar refractivity (Wildman–Crippen MR) is 105 cm³/mol. The van der Waals surface area contributed by atoms with E-state index in [2.05, 4.69) is 5.32 Å². The van der Waals surface area contributed by atoms with Crippen molar-refractivity contribution in [3.8, 4) is 0 Å². The van der Waals surface area contributed by atoms with Gasteiger partial charge in [-0.3, -0.25) is 14.4 Å². The first-order valence-electron chi connectivity index (χ1n) is 8.68. The molecule has 1 N–H and O–H groups in total. The van der Waals surface area contributed by atoms with Gasteiger partial charge in [-0.1, -0.05) is 36.4 Å². The van der Waals surface area contributed by atoms with E-state index >= 15 is 0 Å². The first-order valence-corrected chi connectivity index (χ1v) is 9.90. The number of ketones is 1. The molecule has 0 atom stereocenters. The van der Waals surface area contributed by atoms with E-state index in [1.54, 1.807) is 18.2 Å². The number of anilines is 1. The molecule has 27 heavy (non-hydrogen) atoms. The van der Waals surface area contributed by atoms with Crippen molar-refractivity contribution in [3.05, 3.63) is 59.7 Å². The largest absolute Gasteiger partial charge is 0.457 e. The van der Waals surface area contributed by atoms with Crippen molar-refractivity contribution in [2.45, 2.75) is 30.1 Å². The summed E-state index contributed by atoms with van der Waals surface area (Å²) in [5.74, 6) is -0.865. The van der Waals surface area contributed by atoms with Gasteiger partial charge in [0.2, 0.25) is 5.91 Å². The second-order valence-corrected chi connectivity index (χ2v) is 7.39. The topological polar surface area (TPSA) is 72.5 Å². The molecule has 0 aromatic heterocycles. The molecule has 3 rings (SSSR count). The fraction of sp³-hybridized carbons (Fsp3) is 0.286. The van der Waals surface area contributed by atoms with Crippen LogP contribution in [0.25, 0.3) is 0 Å². The molecule has 0 heterocycles. The van der Waals surface area contributed by atoms with Gasteiger partial charge in [-0.05, 0) is 36.8 Å². The lowest BCUT2D eigenvalue weighted by Gasteiger charge is -2.15. The summed E-state index contributed by atoms with van der Waals surface area (Å²) in [6.45, 7) is 1.10. The van der Waals surface area contributed by atoms with E-state index in [0.717, 1.165) is 23.3 Å². The third-order valence-corrected chi connectivity index (χ3v) is 5.43. The van der Waals surface area contributed by atoms with E-state index in [-0.39, 0.29) is 24.3 Å². The number of rotatable bonds is 7. The van der Waals surface area contributed by atoms with E-state index < -0.39 is 5.41 Å². The van der Waals surface area contributed by atoms with Crippen LogP contribution >= 0.6 is 11.8 Å². The number of benzene rings is 2. The van der Waals surface area contributed by atoms with Crippen LogP contribution in [0.4, 0.5) is 5.69 Å². The van der Waals surface area contributed by atoms with Crippen molar-refractivity contribution in [1.82, 2.24) is 0 Å². The van der Waals surface area contributed by atoms with Gasteiger partial charge >= 0.3 is 5.97 Å². The van der Waals surface area contributed by atoms with Gasteiger partial charge < -0.3 is 10.1 Å². The van der Waals surface area contributed by atoms with E-state index in [0.29, 0.717) is 11.3 Å². The maximum absolute atomic E-state index is 12.5. The number of amides is 1. The number of nitrogens with one attached hydrogen (secondary N) is 1. The summed E-state index contributed by atoms with van der Waals surface area (Å²) in [5, 5.41) is 2.72. The Labute approximate surface area is 162 Å². The molecule has 5 nitrogen and oxygen atoms in total. The molecule has 0 radical (unpaired) electrons. The zero-order valence-electron chi connectivity index (χ0n) is 15.3. The van der Waals surface area contributed by atoms with Crippen LogP contribution in [0.2, 0.25) is 0 Å². The lowest BCUT2D eigenvalue weighted by atomic mass is 9.96. The third kappa shape index (κ3) is 4.22. The van der Waals surface area contributed by atoms with Crippen molar-refractivity contribution >= 4 is 35.1 Å². The Morgan fingerprint density at radius 1 is 1.11 bits per heavy atom. The third-order valence-electron chi connectivity index (χ3n) is 4.63. The van der Waals surface area contributed by atoms with Crippen molar-refractivity contribution < 1.29 is 19.1 Å². The van der Waals surface area contributed by atoms with Crippen LogP contribution in [0.1, 0.15) is 35.7 Å². The number of hydrogen-bond acceptors (Lipinski definition) is 5. The SMILES string of the molecule is CSc1ccc(C(=O)COC(=O)C2(c3ccccc3)CC2)cc1NC(C)=O. The van der Waals surface area contributed by atoms with Gasteiger partial charge in [0.25, 0.3) is 0 Å². The van der Waals surface area contributed by atoms with E-state index in [1.165, 1.54) is 18.7 Å². The molecular weight excluding hydrogens is 362 g/mol. The molecule has 140 valence electrons. The molecule has 1 aliphatic carbocycles. The normalized spacial score (nSPS) is 14.3. The summed E-state index contributed by atoms with van der Waals surface area (Å²) in [7, 11) is 0. The van der Waals surface area contributed by atoms with Crippen LogP contribution in [-0.4, -0.2) is 30.5 Å². The fourth-order valence-corrected chi connectivity index (χ4v) is 3.55. The molecule has 1 amide bonds. The molecular formula is C21H21NO4S. The number of carbonyl (C=O) groups is 3. The van der Waals surface area contributed by atoms with Crippen molar-refractivity contribution in [3.63, 3.8) is 0 Å². The number of esters is 1. The maximum Gasteiger partial charge on any atom is 0.317 e. The number of ether oxygens (including phenoxy) is 1. The van der Waals surface area contributed by atoms with Gasteiger partial charge in [-0.2, -0.15) is 0 Å². The van der Waals surface area contributed by atoms with Crippen LogP contribution < -0.4 is 5.32 Å². The lowest BCUT2D eigenvalue weighted by Crippen LogP contribution is -2.25. The van der Waals surface area contributed by atoms with Crippen molar-refractivity contribution in [2.75, 3.05) is 18.2 Å². The Balaban J connectivity index is 1.67. The maximum atomic E-state index is 12.5. The molecule has 0 aliphatic heterocycles. The number of hydrogen-bond donors (Lipinski definition) is 1. The van der Waals surface area contributed by atoms with Crippen molar-refractivity contribution in [2.24, 2.45) is 0 Å². The minimum atomic E-state index is -0.606. The summed E-state index contributed by atoms with van der Waals surface area (Å²) in [5.41, 5.74) is 1.30. The quantitative estimate of drug-likeness (QED) is 0.447. The molecule has 0 unspecified atom stereocenters. The Bertz CT molecular complexity index is 875. The standard InChI is InChI=1S/C21H21NO4S/c1-14(23)22-17-12-15(8-9-19(17)27-2)18(24)13-26-20(25)21(10-11-21)16-6-4-3-5-7-16/h3-9,12H,10-11,13H2,1-2H3,(H,22,23). The highest BCUT2D eigenvalue weighted by Gasteiger charge is 2.52. The number of Topliss-reactive ketones (excluding diaryl/α,β-unsaturated/α-hetero) is 1. The van der Waals surface area contributed by atoms with Gasteiger partial charge in [0.1, 0.15) is 0 Å². The van der Waals surface area contributed by atoms with E-state index in [4.69, 9.17) is 4.74 Å². The molecule has 0 saturated heterocycles. The first-order chi connectivity index (χ1) is 13.0. The molecule has 6 heteroatoms. The van der Waals surface area contributed by atoms with Crippen LogP contribution in [0.15, 0.2) is 53.4 Å². The molecule has 1 saturated carbocycles. The average molecular weight is 383 g/mol. The first kappa shape index (κ1) is 19.2. The van der Waals surface area contributed by atoms with Gasteiger partial charge in [0, 0.05) is 17.4 Å². The van der Waals surface area contributed by atoms with Gasteiger partial charge in [0.15, 0.2) is 12.4 Å². The predicted octanol–water partition coefficient (Wildman–Crippen LogP) is 3.82. The average Bonchev–Trinajstić information content (AvgIpc) is 3.48. The summed E-state index contributed by atoms with van der Waals surface area (Å²) >= 11 is 1.47. The zero-order chi connectivity index (χ0) is 19.4. The molecule has 0 spiro atoms. The molecule has 1 fully saturated rings. The fourth-order valence-electron chi connectivity index (χ4n) is 3.01. The Kier molecular flexibility index (Phi) is 5.65. The summed E-state index contributed by atoms with van der Waals surface area (Å²) in [6.07, 6.45) is 3.36. The number of carbonyl (C=O) groups excluding carboxylic acids is 3. The second-order valence-electron chi connectivity index (χ2n) is 6.54. The van der Waals surface area contributed by atoms with Gasteiger partial charge in [-0.25, -0.2) is 0 Å². The summed E-state index contributed by atoms with van der Waals surface area (Å²) in [4.78, 5) is 37.2. The van der Waals surface area contributed by atoms with E-state index in [1.807, 2.05) is 36.6 Å². The smallest absolute Gasteiger partial charge is 0.317 e. The molecule has 2 aromatic rings. The van der Waals surface area contributed by atoms with Crippen LogP contribution in [0, 0.1) is 0 Å². The highest BCUT2D eigenvalue weighted by molar-refractivity contribution is 7.98. The Morgan fingerprint density at radius 2 is 1.81 bits per heavy atom. The Morgan fingerprint density at radius 3 is 2.41 bits per heavy atom. The van der Waals surface area contributed by atoms with Gasteiger partial charge in [-0.15, -0.1) is 11.8 Å². The summed E-state index contributed by atoms with van der Waals surface area (Å²) in [6, 6.07) is 14.6. The molecule has 1 aliphatic rings. The van der Waals surface area contributed by atoms with Crippen LogP contribution in [-0.2, 0) is 19.7 Å². The molecule has 0 bridgehead atoms. The van der Waals surface area contributed by atoms with E-state index in [9.17, 15) is 14.4 Å². The molecule has 2 aromatic carbocycles. The van der Waals surface area contributed by atoms with Crippen molar-refractivity contribution in [1.29, 1.82) is 0 Å². The lowest BCUT2D eigenvalue weighted by molar-refractivity contribution is -0.145. The highest BCUT2D eigenvalue weighted by atomic mass is 32.2. The van der Waals surface area contributed by atoms with Crippen LogP contribution in [0.3, 0.4) is 0 Å². The zero-order valence-corrected chi connectivity index (χ0v) is 16.1. The monoisotopic (exact) mass is 383 g/mol. The highest BCUT2D eigenvalue weighted by Crippen LogP contribution is 2.49. The minimum absolute atomic E-state index is 0.208. The Hall–Kier alpha value is -2.60.